The molecule has 0 aromatic heterocycles. The van der Waals surface area contributed by atoms with Gasteiger partial charge in [-0.05, 0) is 0 Å². The Morgan fingerprint density at radius 2 is 1.45 bits per heavy atom. The summed E-state index contributed by atoms with van der Waals surface area (Å²) in [6.45, 7) is 0. The largest absolute Gasteiger partial charge is 0.266 e. The Bertz CT molecular complexity index is 171. The van der Waals surface area contributed by atoms with Crippen LogP contribution < -0.4 is 0 Å². The summed E-state index contributed by atoms with van der Waals surface area (Å²) >= 11 is 10.1. The number of alkyl halides is 2. The second-order valence-corrected chi connectivity index (χ2v) is 5.51. The highest BCUT2D eigenvalue weighted by molar-refractivity contribution is 8.21. The van der Waals surface area contributed by atoms with Crippen molar-refractivity contribution in [3.63, 3.8) is 0 Å². The average molecular weight is 232 g/mol. The molecule has 1 heterocycles. The molecule has 1 rings (SSSR count). The molecule has 0 saturated heterocycles. The lowest BCUT2D eigenvalue weighted by molar-refractivity contribution is 0.0552. The fourth-order valence-electron chi connectivity index (χ4n) is 0.513. The normalized spacial score (nSPS) is 25.1. The molecule has 0 aromatic carbocycles. The van der Waals surface area contributed by atoms with Gasteiger partial charge in [-0.3, -0.25) is 0 Å². The molecular formula is C5H6F2S4. The van der Waals surface area contributed by atoms with Crippen LogP contribution in [0.15, 0.2) is 8.47 Å². The Kier molecular flexibility index (Phi) is 3.49. The summed E-state index contributed by atoms with van der Waals surface area (Å²) in [6.07, 6.45) is 0. The SMILES string of the molecule is FC1(F)CSC(S)=C(S)SC1. The zero-order valence-electron chi connectivity index (χ0n) is 5.38. The Hall–Kier alpha value is 1.000. The summed E-state index contributed by atoms with van der Waals surface area (Å²) < 4.78 is 26.5. The van der Waals surface area contributed by atoms with E-state index in [1.165, 1.54) is 0 Å². The molecule has 11 heavy (non-hydrogen) atoms. The lowest BCUT2D eigenvalue weighted by atomic mass is 10.5. The highest BCUT2D eigenvalue weighted by Crippen LogP contribution is 2.41. The van der Waals surface area contributed by atoms with E-state index >= 15 is 0 Å². The molecule has 0 aliphatic carbocycles. The molecule has 0 spiro atoms. The van der Waals surface area contributed by atoms with Gasteiger partial charge in [0.25, 0.3) is 5.92 Å². The number of hydrogen-bond acceptors (Lipinski definition) is 4. The molecule has 0 amide bonds. The lowest BCUT2D eigenvalue weighted by Gasteiger charge is -2.10. The number of thiol groups is 2. The first kappa shape index (κ1) is 10.1. The summed E-state index contributed by atoms with van der Waals surface area (Å²) in [5, 5.41) is 0. The molecule has 0 fully saturated rings. The van der Waals surface area contributed by atoms with Crippen LogP contribution in [-0.4, -0.2) is 17.4 Å². The van der Waals surface area contributed by atoms with Gasteiger partial charge in [0.05, 0.1) is 20.0 Å². The molecule has 0 saturated carbocycles. The van der Waals surface area contributed by atoms with Crippen molar-refractivity contribution in [2.75, 3.05) is 11.5 Å². The van der Waals surface area contributed by atoms with Crippen LogP contribution >= 0.6 is 48.8 Å². The van der Waals surface area contributed by atoms with Gasteiger partial charge < -0.3 is 0 Å². The van der Waals surface area contributed by atoms with Crippen LogP contribution in [-0.2, 0) is 0 Å². The van der Waals surface area contributed by atoms with E-state index in [0.717, 1.165) is 23.5 Å². The molecule has 0 aromatic rings. The highest BCUT2D eigenvalue weighted by Gasteiger charge is 2.32. The van der Waals surface area contributed by atoms with Crippen molar-refractivity contribution in [1.29, 1.82) is 0 Å². The average Bonchev–Trinajstić information content (AvgIpc) is 2.03. The van der Waals surface area contributed by atoms with Crippen LogP contribution in [0.1, 0.15) is 0 Å². The summed E-state index contributed by atoms with van der Waals surface area (Å²) in [5.41, 5.74) is 0. The minimum atomic E-state index is -2.59. The number of thioether (sulfide) groups is 2. The standard InChI is InChI=1S/C5H6F2S4/c6-5(7)1-10-3(8)4(9)11-2-5/h8-9H,1-2H2. The van der Waals surface area contributed by atoms with Gasteiger partial charge in [-0.2, -0.15) is 0 Å². The smallest absolute Gasteiger partial charge is 0.205 e. The first-order valence-corrected chi connectivity index (χ1v) is 5.63. The molecular weight excluding hydrogens is 226 g/mol. The summed E-state index contributed by atoms with van der Waals surface area (Å²) in [5.74, 6) is -2.97. The minimum Gasteiger partial charge on any atom is -0.205 e. The molecule has 64 valence electrons. The van der Waals surface area contributed by atoms with E-state index in [1.807, 2.05) is 0 Å². The van der Waals surface area contributed by atoms with Crippen LogP contribution in [0, 0.1) is 0 Å². The molecule has 1 aliphatic heterocycles. The molecule has 1 aliphatic rings. The predicted octanol–water partition coefficient (Wildman–Crippen LogP) is 3.09. The topological polar surface area (TPSA) is 0 Å². The van der Waals surface area contributed by atoms with Gasteiger partial charge in [0.1, 0.15) is 0 Å². The molecule has 0 bridgehead atoms. The van der Waals surface area contributed by atoms with Crippen molar-refractivity contribution in [1.82, 2.24) is 0 Å². The van der Waals surface area contributed by atoms with Crippen molar-refractivity contribution >= 4 is 48.8 Å². The quantitative estimate of drug-likeness (QED) is 0.616. The third kappa shape index (κ3) is 3.08. The lowest BCUT2D eigenvalue weighted by Crippen LogP contribution is -2.21. The highest BCUT2D eigenvalue weighted by atomic mass is 32.2. The van der Waals surface area contributed by atoms with Crippen LogP contribution in [0.4, 0.5) is 8.78 Å². The van der Waals surface area contributed by atoms with Crippen molar-refractivity contribution in [2.45, 2.75) is 5.92 Å². The summed E-state index contributed by atoms with van der Waals surface area (Å²) in [7, 11) is 0. The molecule has 0 unspecified atom stereocenters. The first-order valence-electron chi connectivity index (χ1n) is 2.77. The maximum absolute atomic E-state index is 12.7. The van der Waals surface area contributed by atoms with E-state index in [9.17, 15) is 8.78 Å². The van der Waals surface area contributed by atoms with Crippen molar-refractivity contribution < 1.29 is 8.78 Å². The van der Waals surface area contributed by atoms with Crippen molar-refractivity contribution in [3.8, 4) is 0 Å². The maximum atomic E-state index is 12.7. The first-order chi connectivity index (χ1) is 5.01. The molecule has 0 N–H and O–H groups in total. The Morgan fingerprint density at radius 1 is 1.09 bits per heavy atom. The predicted molar refractivity (Wildman–Crippen MR) is 54.9 cm³/mol. The second kappa shape index (κ2) is 3.81. The zero-order valence-corrected chi connectivity index (χ0v) is 8.80. The van der Waals surface area contributed by atoms with Gasteiger partial charge in [0.15, 0.2) is 0 Å². The van der Waals surface area contributed by atoms with Crippen LogP contribution in [0.2, 0.25) is 0 Å². The number of rotatable bonds is 0. The van der Waals surface area contributed by atoms with Crippen LogP contribution in [0.3, 0.4) is 0 Å². The summed E-state index contributed by atoms with van der Waals surface area (Å²) in [6, 6.07) is 0. The van der Waals surface area contributed by atoms with E-state index in [1.54, 1.807) is 0 Å². The third-order valence-corrected chi connectivity index (χ3v) is 4.94. The van der Waals surface area contributed by atoms with Gasteiger partial charge in [0, 0.05) is 0 Å². The molecule has 6 heteroatoms. The Balaban J connectivity index is 2.64. The molecule has 0 nitrogen and oxygen atoms in total. The van der Waals surface area contributed by atoms with Crippen LogP contribution in [0.25, 0.3) is 0 Å². The van der Waals surface area contributed by atoms with Gasteiger partial charge >= 0.3 is 0 Å². The third-order valence-electron chi connectivity index (χ3n) is 1.02. The van der Waals surface area contributed by atoms with E-state index in [0.29, 0.717) is 8.47 Å². The van der Waals surface area contributed by atoms with Crippen LogP contribution in [0.5, 0.6) is 0 Å². The van der Waals surface area contributed by atoms with Gasteiger partial charge in [0.2, 0.25) is 0 Å². The summed E-state index contributed by atoms with van der Waals surface area (Å²) in [4.78, 5) is 0. The van der Waals surface area contributed by atoms with Crippen molar-refractivity contribution in [2.24, 2.45) is 0 Å². The Labute approximate surface area is 83.4 Å². The van der Waals surface area contributed by atoms with Gasteiger partial charge in [-0.1, -0.05) is 0 Å². The Morgan fingerprint density at radius 3 is 1.82 bits per heavy atom. The van der Waals surface area contributed by atoms with Gasteiger partial charge in [-0.15, -0.1) is 48.8 Å². The van der Waals surface area contributed by atoms with E-state index in [2.05, 4.69) is 25.3 Å². The number of hydrogen-bond donors (Lipinski definition) is 2. The number of halogens is 2. The minimum absolute atomic E-state index is 0.192. The van der Waals surface area contributed by atoms with E-state index in [4.69, 9.17) is 0 Å². The van der Waals surface area contributed by atoms with E-state index in [-0.39, 0.29) is 11.5 Å². The zero-order chi connectivity index (χ0) is 8.48. The van der Waals surface area contributed by atoms with Gasteiger partial charge in [-0.25, -0.2) is 8.78 Å². The fourth-order valence-corrected chi connectivity index (χ4v) is 2.92. The fraction of sp³-hybridized carbons (Fsp3) is 0.600. The van der Waals surface area contributed by atoms with Crippen molar-refractivity contribution in [3.05, 3.63) is 8.47 Å². The van der Waals surface area contributed by atoms with E-state index < -0.39 is 5.92 Å². The second-order valence-electron chi connectivity index (χ2n) is 2.04. The monoisotopic (exact) mass is 232 g/mol. The maximum Gasteiger partial charge on any atom is 0.266 e. The molecule has 0 radical (unpaired) electrons. The molecule has 0 atom stereocenters.